The molecule has 0 spiro atoms. The number of nitrogens with one attached hydrogen (secondary N) is 1. The molecule has 9 heteroatoms. The first-order valence-electron chi connectivity index (χ1n) is 8.07. The van der Waals surface area contributed by atoms with Gasteiger partial charge in [0.05, 0.1) is 11.5 Å². The fourth-order valence-electron chi connectivity index (χ4n) is 3.23. The molecule has 8 nitrogen and oxygen atoms in total. The molecule has 1 aliphatic rings. The quantitative estimate of drug-likeness (QED) is 0.811. The van der Waals surface area contributed by atoms with Crippen LogP contribution in [0.3, 0.4) is 0 Å². The van der Waals surface area contributed by atoms with Gasteiger partial charge in [0.15, 0.2) is 5.76 Å². The van der Waals surface area contributed by atoms with Gasteiger partial charge in [0.2, 0.25) is 10.0 Å². The Balaban J connectivity index is 2.28. The fourth-order valence-corrected chi connectivity index (χ4v) is 4.28. The zero-order valence-corrected chi connectivity index (χ0v) is 15.6. The van der Waals surface area contributed by atoms with Crippen molar-refractivity contribution in [2.45, 2.75) is 50.0 Å². The van der Waals surface area contributed by atoms with Crippen molar-refractivity contribution >= 4 is 21.9 Å². The van der Waals surface area contributed by atoms with Crippen LogP contribution in [-0.4, -0.2) is 49.3 Å². The third-order valence-corrected chi connectivity index (χ3v) is 6.68. The molecule has 2 atom stereocenters. The van der Waals surface area contributed by atoms with Crippen LogP contribution >= 0.6 is 0 Å². The lowest BCUT2D eigenvalue weighted by atomic mass is 9.74. The lowest BCUT2D eigenvalue weighted by molar-refractivity contribution is -0.145. The van der Waals surface area contributed by atoms with Gasteiger partial charge in [-0.2, -0.15) is 0 Å². The normalized spacial score (nSPS) is 24.3. The van der Waals surface area contributed by atoms with Crippen molar-refractivity contribution in [2.24, 2.45) is 5.92 Å². The van der Waals surface area contributed by atoms with Crippen LogP contribution in [-0.2, 0) is 14.8 Å². The van der Waals surface area contributed by atoms with E-state index in [0.717, 1.165) is 17.1 Å². The Morgan fingerprint density at radius 3 is 2.56 bits per heavy atom. The standard InChI is InChI=1S/C16H24N2O6S/c1-10-13(25(22,23)18(3)4)9-12(24-10)14(19)17-16(2)8-6-5-7-11(16)15(20)21/h9,11H,5-8H2,1-4H3,(H,17,19)(H,20,21). The summed E-state index contributed by atoms with van der Waals surface area (Å²) in [6.45, 7) is 3.17. The van der Waals surface area contributed by atoms with Crippen molar-refractivity contribution in [1.82, 2.24) is 9.62 Å². The summed E-state index contributed by atoms with van der Waals surface area (Å²) in [6.07, 6.45) is 2.65. The molecule has 1 heterocycles. The molecule has 0 saturated heterocycles. The minimum Gasteiger partial charge on any atom is -0.481 e. The summed E-state index contributed by atoms with van der Waals surface area (Å²) in [5.41, 5.74) is -0.900. The van der Waals surface area contributed by atoms with E-state index in [1.807, 2.05) is 0 Å². The lowest BCUT2D eigenvalue weighted by Gasteiger charge is -2.39. The molecule has 1 aromatic rings. The van der Waals surface area contributed by atoms with Crippen LogP contribution in [0.15, 0.2) is 15.4 Å². The summed E-state index contributed by atoms with van der Waals surface area (Å²) >= 11 is 0. The number of aryl methyl sites for hydroxylation is 1. The Morgan fingerprint density at radius 2 is 2.00 bits per heavy atom. The molecular weight excluding hydrogens is 348 g/mol. The second kappa shape index (κ2) is 6.80. The Labute approximate surface area is 147 Å². The van der Waals surface area contributed by atoms with Crippen molar-refractivity contribution < 1.29 is 27.5 Å². The van der Waals surface area contributed by atoms with Gasteiger partial charge < -0.3 is 14.8 Å². The molecule has 0 radical (unpaired) electrons. The average Bonchev–Trinajstić information content (AvgIpc) is 2.89. The first-order chi connectivity index (χ1) is 11.5. The molecule has 1 aromatic heterocycles. The molecule has 1 aliphatic carbocycles. The minimum absolute atomic E-state index is 0.0776. The van der Waals surface area contributed by atoms with Gasteiger partial charge in [0.1, 0.15) is 10.7 Å². The fraction of sp³-hybridized carbons (Fsp3) is 0.625. The topological polar surface area (TPSA) is 117 Å². The largest absolute Gasteiger partial charge is 0.481 e. The molecule has 2 rings (SSSR count). The summed E-state index contributed by atoms with van der Waals surface area (Å²) in [6, 6.07) is 1.18. The molecule has 2 N–H and O–H groups in total. The highest BCUT2D eigenvalue weighted by Crippen LogP contribution is 2.34. The maximum Gasteiger partial charge on any atom is 0.308 e. The summed E-state index contributed by atoms with van der Waals surface area (Å²) in [5.74, 6) is -2.28. The van der Waals surface area contributed by atoms with Crippen molar-refractivity contribution in [3.8, 4) is 0 Å². The van der Waals surface area contributed by atoms with E-state index in [9.17, 15) is 23.1 Å². The molecule has 0 aliphatic heterocycles. The minimum atomic E-state index is -3.73. The van der Waals surface area contributed by atoms with Crippen LogP contribution in [0.2, 0.25) is 0 Å². The van der Waals surface area contributed by atoms with Crippen LogP contribution < -0.4 is 5.32 Å². The molecule has 1 saturated carbocycles. The Hall–Kier alpha value is -1.87. The zero-order valence-electron chi connectivity index (χ0n) is 14.8. The number of carbonyl (C=O) groups is 2. The van der Waals surface area contributed by atoms with Gasteiger partial charge in [-0.15, -0.1) is 0 Å². The van der Waals surface area contributed by atoms with E-state index in [-0.39, 0.29) is 16.4 Å². The maximum atomic E-state index is 12.5. The number of amides is 1. The van der Waals surface area contributed by atoms with Gasteiger partial charge in [-0.1, -0.05) is 12.8 Å². The van der Waals surface area contributed by atoms with Gasteiger partial charge in [-0.3, -0.25) is 9.59 Å². The van der Waals surface area contributed by atoms with Gasteiger partial charge in [-0.05, 0) is 26.7 Å². The summed E-state index contributed by atoms with van der Waals surface area (Å²) in [4.78, 5) is 24.0. The molecule has 25 heavy (non-hydrogen) atoms. The van der Waals surface area contributed by atoms with Gasteiger partial charge in [0, 0.05) is 20.2 Å². The van der Waals surface area contributed by atoms with E-state index in [4.69, 9.17) is 4.42 Å². The van der Waals surface area contributed by atoms with E-state index in [1.165, 1.54) is 27.1 Å². The first kappa shape index (κ1) is 19.5. The monoisotopic (exact) mass is 372 g/mol. The molecular formula is C16H24N2O6S. The van der Waals surface area contributed by atoms with Crippen LogP contribution in [0.5, 0.6) is 0 Å². The number of carboxylic acid groups (broad SMARTS) is 1. The number of carboxylic acids is 1. The van der Waals surface area contributed by atoms with Crippen LogP contribution in [0, 0.1) is 12.8 Å². The molecule has 1 fully saturated rings. The Bertz CT molecular complexity index is 783. The average molecular weight is 372 g/mol. The van der Waals surface area contributed by atoms with Crippen LogP contribution in [0.25, 0.3) is 0 Å². The molecule has 0 bridgehead atoms. The molecule has 1 amide bonds. The number of sulfonamides is 1. The highest BCUT2D eigenvalue weighted by Gasteiger charge is 2.42. The number of hydrogen-bond donors (Lipinski definition) is 2. The van der Waals surface area contributed by atoms with E-state index >= 15 is 0 Å². The predicted molar refractivity (Wildman–Crippen MR) is 89.8 cm³/mol. The van der Waals surface area contributed by atoms with Gasteiger partial charge in [0.25, 0.3) is 5.91 Å². The molecule has 140 valence electrons. The second-order valence-electron chi connectivity index (χ2n) is 6.83. The number of carbonyl (C=O) groups excluding carboxylic acids is 1. The number of nitrogens with zero attached hydrogens (tertiary/aromatic N) is 1. The van der Waals surface area contributed by atoms with Crippen LogP contribution in [0.1, 0.15) is 48.9 Å². The number of rotatable bonds is 5. The molecule has 2 unspecified atom stereocenters. The summed E-state index contributed by atoms with van der Waals surface area (Å²) in [5, 5.41) is 12.2. The van der Waals surface area contributed by atoms with E-state index in [0.29, 0.717) is 12.8 Å². The zero-order chi connectivity index (χ0) is 19.0. The van der Waals surface area contributed by atoms with Crippen molar-refractivity contribution in [2.75, 3.05) is 14.1 Å². The predicted octanol–water partition coefficient (Wildman–Crippen LogP) is 1.60. The van der Waals surface area contributed by atoms with Gasteiger partial charge in [-0.25, -0.2) is 12.7 Å². The van der Waals surface area contributed by atoms with Crippen molar-refractivity contribution in [3.63, 3.8) is 0 Å². The highest BCUT2D eigenvalue weighted by molar-refractivity contribution is 7.89. The highest BCUT2D eigenvalue weighted by atomic mass is 32.2. The van der Waals surface area contributed by atoms with Crippen LogP contribution in [0.4, 0.5) is 0 Å². The van der Waals surface area contributed by atoms with E-state index in [1.54, 1.807) is 6.92 Å². The lowest BCUT2D eigenvalue weighted by Crippen LogP contribution is -2.55. The van der Waals surface area contributed by atoms with E-state index in [2.05, 4.69) is 5.32 Å². The number of aliphatic carboxylic acids is 1. The van der Waals surface area contributed by atoms with Crippen molar-refractivity contribution in [1.29, 1.82) is 0 Å². The first-order valence-corrected chi connectivity index (χ1v) is 9.51. The Kier molecular flexibility index (Phi) is 5.29. The Morgan fingerprint density at radius 1 is 1.36 bits per heavy atom. The number of furan rings is 1. The molecule has 0 aromatic carbocycles. The van der Waals surface area contributed by atoms with Crippen molar-refractivity contribution in [3.05, 3.63) is 17.6 Å². The van der Waals surface area contributed by atoms with Gasteiger partial charge >= 0.3 is 5.97 Å². The SMILES string of the molecule is Cc1oc(C(=O)NC2(C)CCCCC2C(=O)O)cc1S(=O)(=O)N(C)C. The van der Waals surface area contributed by atoms with E-state index < -0.39 is 33.4 Å². The maximum absolute atomic E-state index is 12.5. The third kappa shape index (κ3) is 3.72. The number of hydrogen-bond acceptors (Lipinski definition) is 5. The smallest absolute Gasteiger partial charge is 0.308 e. The summed E-state index contributed by atoms with van der Waals surface area (Å²) in [7, 11) is -0.945. The summed E-state index contributed by atoms with van der Waals surface area (Å²) < 4.78 is 30.8. The second-order valence-corrected chi connectivity index (χ2v) is 8.95. The third-order valence-electron chi connectivity index (χ3n) is 4.76.